The van der Waals surface area contributed by atoms with E-state index >= 15 is 0 Å². The van der Waals surface area contributed by atoms with Crippen LogP contribution in [-0.4, -0.2) is 12.3 Å². The van der Waals surface area contributed by atoms with E-state index in [9.17, 15) is 0 Å². The first-order chi connectivity index (χ1) is 7.68. The number of hydrogen-bond donors (Lipinski definition) is 2. The van der Waals surface area contributed by atoms with E-state index in [1.165, 1.54) is 0 Å². The van der Waals surface area contributed by atoms with E-state index in [2.05, 4.69) is 19.3 Å². The van der Waals surface area contributed by atoms with Crippen molar-refractivity contribution in [2.45, 2.75) is 26.9 Å². The predicted molar refractivity (Wildman–Crippen MR) is 66.4 cm³/mol. The summed E-state index contributed by atoms with van der Waals surface area (Å²) in [6, 6.07) is 9.98. The minimum atomic E-state index is 0.505. The zero-order valence-electron chi connectivity index (χ0n) is 9.99. The van der Waals surface area contributed by atoms with Crippen LogP contribution in [0.1, 0.15) is 25.8 Å². The van der Waals surface area contributed by atoms with Gasteiger partial charge in [-0.1, -0.05) is 44.2 Å². The van der Waals surface area contributed by atoms with Crippen LogP contribution < -0.4 is 5.48 Å². The van der Waals surface area contributed by atoms with Gasteiger partial charge in [0.2, 0.25) is 0 Å². The standard InChI is InChI=1S/C13H20N2O/c1-11(2)8-13(14)9-15-16-10-12-6-4-3-5-7-12/h3-7,11,14-15H,8-10H2,1-2H3. The van der Waals surface area contributed by atoms with Crippen LogP contribution in [0.5, 0.6) is 0 Å². The Morgan fingerprint density at radius 3 is 2.62 bits per heavy atom. The molecule has 0 aliphatic carbocycles. The number of hydrogen-bond acceptors (Lipinski definition) is 3. The Labute approximate surface area is 97.3 Å². The van der Waals surface area contributed by atoms with Crippen molar-refractivity contribution in [2.75, 3.05) is 6.54 Å². The molecule has 0 heterocycles. The molecule has 0 aliphatic heterocycles. The topological polar surface area (TPSA) is 45.1 Å². The van der Waals surface area contributed by atoms with E-state index < -0.39 is 0 Å². The maximum absolute atomic E-state index is 7.66. The Balaban J connectivity index is 2.10. The molecule has 0 fully saturated rings. The zero-order valence-corrected chi connectivity index (χ0v) is 9.99. The molecule has 1 aromatic carbocycles. The Kier molecular flexibility index (Phi) is 5.75. The first-order valence-electron chi connectivity index (χ1n) is 5.63. The normalized spacial score (nSPS) is 10.7. The summed E-state index contributed by atoms with van der Waals surface area (Å²) in [5.74, 6) is 0.531. The number of benzene rings is 1. The van der Waals surface area contributed by atoms with Gasteiger partial charge in [0.05, 0.1) is 13.2 Å². The van der Waals surface area contributed by atoms with Crippen LogP contribution in [0.3, 0.4) is 0 Å². The minimum Gasteiger partial charge on any atom is -0.308 e. The van der Waals surface area contributed by atoms with Crippen molar-refractivity contribution >= 4 is 5.71 Å². The number of rotatable bonds is 7. The van der Waals surface area contributed by atoms with Crippen molar-refractivity contribution in [3.05, 3.63) is 35.9 Å². The summed E-state index contributed by atoms with van der Waals surface area (Å²) in [5, 5.41) is 7.66. The molecule has 1 aromatic rings. The molecule has 0 saturated carbocycles. The van der Waals surface area contributed by atoms with Gasteiger partial charge in [-0.3, -0.25) is 4.84 Å². The molecule has 2 N–H and O–H groups in total. The van der Waals surface area contributed by atoms with Crippen LogP contribution >= 0.6 is 0 Å². The first-order valence-corrected chi connectivity index (χ1v) is 5.63. The van der Waals surface area contributed by atoms with Gasteiger partial charge in [-0.2, -0.15) is 5.48 Å². The molecule has 16 heavy (non-hydrogen) atoms. The Morgan fingerprint density at radius 2 is 2.00 bits per heavy atom. The highest BCUT2D eigenvalue weighted by Crippen LogP contribution is 2.00. The lowest BCUT2D eigenvalue weighted by molar-refractivity contribution is 0.0372. The molecule has 0 aromatic heterocycles. The average molecular weight is 220 g/mol. The molecule has 0 amide bonds. The van der Waals surface area contributed by atoms with Crippen molar-refractivity contribution in [2.24, 2.45) is 5.92 Å². The molecule has 88 valence electrons. The van der Waals surface area contributed by atoms with Gasteiger partial charge < -0.3 is 5.41 Å². The molecule has 0 saturated heterocycles. The van der Waals surface area contributed by atoms with E-state index in [1.54, 1.807) is 0 Å². The fourth-order valence-corrected chi connectivity index (χ4v) is 1.41. The van der Waals surface area contributed by atoms with E-state index in [4.69, 9.17) is 10.2 Å². The third kappa shape index (κ3) is 5.63. The summed E-state index contributed by atoms with van der Waals surface area (Å²) in [6.45, 7) is 5.26. The fraction of sp³-hybridized carbons (Fsp3) is 0.462. The second-order valence-electron chi connectivity index (χ2n) is 4.30. The number of hydroxylamine groups is 1. The molecular formula is C13H20N2O. The molecule has 1 rings (SSSR count). The highest BCUT2D eigenvalue weighted by molar-refractivity contribution is 5.83. The third-order valence-electron chi connectivity index (χ3n) is 2.12. The smallest absolute Gasteiger partial charge is 0.0933 e. The lowest BCUT2D eigenvalue weighted by Gasteiger charge is -2.08. The van der Waals surface area contributed by atoms with E-state index in [0.717, 1.165) is 12.0 Å². The summed E-state index contributed by atoms with van der Waals surface area (Å²) in [5.41, 5.74) is 4.63. The quantitative estimate of drug-likeness (QED) is 0.421. The third-order valence-corrected chi connectivity index (χ3v) is 2.12. The van der Waals surface area contributed by atoms with Crippen LogP contribution in [0.25, 0.3) is 0 Å². The Bertz CT molecular complexity index is 309. The van der Waals surface area contributed by atoms with Gasteiger partial charge in [0.1, 0.15) is 0 Å². The first kappa shape index (κ1) is 12.9. The Morgan fingerprint density at radius 1 is 1.31 bits per heavy atom. The molecular weight excluding hydrogens is 200 g/mol. The summed E-state index contributed by atoms with van der Waals surface area (Å²) in [7, 11) is 0. The monoisotopic (exact) mass is 220 g/mol. The van der Waals surface area contributed by atoms with Crippen molar-refractivity contribution in [3.8, 4) is 0 Å². The van der Waals surface area contributed by atoms with Gasteiger partial charge in [-0.05, 0) is 17.9 Å². The molecule has 0 atom stereocenters. The largest absolute Gasteiger partial charge is 0.308 e. The van der Waals surface area contributed by atoms with Crippen LogP contribution in [0, 0.1) is 11.3 Å². The van der Waals surface area contributed by atoms with Crippen LogP contribution in [-0.2, 0) is 11.4 Å². The SMILES string of the molecule is CC(C)CC(=N)CNOCc1ccccc1. The van der Waals surface area contributed by atoms with Crippen molar-refractivity contribution in [1.29, 1.82) is 5.41 Å². The number of nitrogens with one attached hydrogen (secondary N) is 2. The molecule has 0 spiro atoms. The molecule has 0 bridgehead atoms. The maximum Gasteiger partial charge on any atom is 0.0933 e. The van der Waals surface area contributed by atoms with Gasteiger partial charge in [-0.15, -0.1) is 0 Å². The van der Waals surface area contributed by atoms with E-state index in [0.29, 0.717) is 24.8 Å². The maximum atomic E-state index is 7.66. The second-order valence-corrected chi connectivity index (χ2v) is 4.30. The van der Waals surface area contributed by atoms with Crippen molar-refractivity contribution in [3.63, 3.8) is 0 Å². The molecule has 0 aliphatic rings. The summed E-state index contributed by atoms with van der Waals surface area (Å²) < 4.78 is 0. The molecule has 3 nitrogen and oxygen atoms in total. The summed E-state index contributed by atoms with van der Waals surface area (Å²) in [4.78, 5) is 5.28. The summed E-state index contributed by atoms with van der Waals surface area (Å²) >= 11 is 0. The molecule has 0 radical (unpaired) electrons. The second kappa shape index (κ2) is 7.14. The molecule has 0 unspecified atom stereocenters. The Hall–Kier alpha value is -1.19. The van der Waals surface area contributed by atoms with Crippen molar-refractivity contribution in [1.82, 2.24) is 5.48 Å². The lowest BCUT2D eigenvalue weighted by atomic mass is 10.1. The van der Waals surface area contributed by atoms with Gasteiger partial charge in [0, 0.05) is 5.71 Å². The van der Waals surface area contributed by atoms with Crippen LogP contribution in [0.4, 0.5) is 0 Å². The van der Waals surface area contributed by atoms with Gasteiger partial charge in [-0.25, -0.2) is 0 Å². The highest BCUT2D eigenvalue weighted by atomic mass is 16.6. The fourth-order valence-electron chi connectivity index (χ4n) is 1.41. The average Bonchev–Trinajstić information content (AvgIpc) is 2.25. The lowest BCUT2D eigenvalue weighted by Crippen LogP contribution is -2.23. The molecule has 3 heteroatoms. The van der Waals surface area contributed by atoms with Crippen molar-refractivity contribution < 1.29 is 4.84 Å². The van der Waals surface area contributed by atoms with Gasteiger partial charge in [0.15, 0.2) is 0 Å². The predicted octanol–water partition coefficient (Wildman–Crippen LogP) is 2.77. The van der Waals surface area contributed by atoms with Gasteiger partial charge in [0.25, 0.3) is 0 Å². The van der Waals surface area contributed by atoms with E-state index in [-0.39, 0.29) is 0 Å². The van der Waals surface area contributed by atoms with E-state index in [1.807, 2.05) is 30.3 Å². The van der Waals surface area contributed by atoms with Crippen LogP contribution in [0.2, 0.25) is 0 Å². The zero-order chi connectivity index (χ0) is 11.8. The summed E-state index contributed by atoms with van der Waals surface area (Å²) in [6.07, 6.45) is 0.821. The minimum absolute atomic E-state index is 0.505. The highest BCUT2D eigenvalue weighted by Gasteiger charge is 2.00. The van der Waals surface area contributed by atoms with Gasteiger partial charge >= 0.3 is 0 Å². The van der Waals surface area contributed by atoms with Crippen LogP contribution in [0.15, 0.2) is 30.3 Å².